The molecule has 0 fully saturated rings. The third-order valence-electron chi connectivity index (χ3n) is 4.63. The van der Waals surface area contributed by atoms with E-state index < -0.39 is 27.0 Å². The molecule has 1 aliphatic rings. The summed E-state index contributed by atoms with van der Waals surface area (Å²) in [5.74, 6) is -0.613. The molecule has 0 radical (unpaired) electrons. The lowest BCUT2D eigenvalue weighted by atomic mass is 10.0. The van der Waals surface area contributed by atoms with Gasteiger partial charge in [-0.2, -0.15) is 4.31 Å². The SMILES string of the molecule is CCOC(=O)C1=CCN(S(=O)(=O)c2ccc(C)cc2)[C@@H]1c1ccc([N+](=O)[O-])cc1. The number of aryl methyl sites for hydroxylation is 1. The molecule has 8 nitrogen and oxygen atoms in total. The molecule has 0 bridgehead atoms. The van der Waals surface area contributed by atoms with Gasteiger partial charge in [0.1, 0.15) is 0 Å². The van der Waals surface area contributed by atoms with Gasteiger partial charge in [0.05, 0.1) is 28.0 Å². The van der Waals surface area contributed by atoms with Crippen LogP contribution in [0.5, 0.6) is 0 Å². The van der Waals surface area contributed by atoms with E-state index in [9.17, 15) is 23.3 Å². The number of rotatable bonds is 6. The number of non-ortho nitro benzene ring substituents is 1. The lowest BCUT2D eigenvalue weighted by Gasteiger charge is -2.26. The van der Waals surface area contributed by atoms with Gasteiger partial charge in [-0.25, -0.2) is 13.2 Å². The Hall–Kier alpha value is -3.04. The maximum absolute atomic E-state index is 13.3. The summed E-state index contributed by atoms with van der Waals surface area (Å²) in [4.78, 5) is 22.9. The molecule has 0 saturated heterocycles. The van der Waals surface area contributed by atoms with Crippen molar-refractivity contribution in [2.24, 2.45) is 0 Å². The van der Waals surface area contributed by atoms with Crippen LogP contribution in [0, 0.1) is 17.0 Å². The van der Waals surface area contributed by atoms with Gasteiger partial charge in [0, 0.05) is 18.7 Å². The summed E-state index contributed by atoms with van der Waals surface area (Å²) in [7, 11) is -3.92. The molecule has 0 aliphatic carbocycles. The second-order valence-electron chi connectivity index (χ2n) is 6.52. The number of hydrogen-bond donors (Lipinski definition) is 0. The van der Waals surface area contributed by atoms with Gasteiger partial charge in [0.2, 0.25) is 10.0 Å². The minimum absolute atomic E-state index is 0.00793. The van der Waals surface area contributed by atoms with Crippen molar-refractivity contribution in [2.45, 2.75) is 24.8 Å². The molecule has 1 atom stereocenters. The summed E-state index contributed by atoms with van der Waals surface area (Å²) in [5.41, 5.74) is 1.43. The van der Waals surface area contributed by atoms with Crippen LogP contribution in [-0.4, -0.2) is 36.8 Å². The molecule has 2 aromatic carbocycles. The predicted octanol–water partition coefficient (Wildman–Crippen LogP) is 3.14. The number of esters is 1. The molecule has 9 heteroatoms. The summed E-state index contributed by atoms with van der Waals surface area (Å²) in [6.07, 6.45) is 1.52. The fourth-order valence-corrected chi connectivity index (χ4v) is 4.71. The van der Waals surface area contributed by atoms with Crippen molar-refractivity contribution < 1.29 is 22.9 Å². The lowest BCUT2D eigenvalue weighted by Crippen LogP contribution is -2.33. The van der Waals surface area contributed by atoms with Crippen LogP contribution in [0.4, 0.5) is 5.69 Å². The van der Waals surface area contributed by atoms with Crippen LogP contribution in [0.25, 0.3) is 0 Å². The van der Waals surface area contributed by atoms with E-state index in [4.69, 9.17) is 4.74 Å². The largest absolute Gasteiger partial charge is 0.463 e. The number of hydrogen-bond acceptors (Lipinski definition) is 6. The Labute approximate surface area is 168 Å². The van der Waals surface area contributed by atoms with Crippen LogP contribution in [0.2, 0.25) is 0 Å². The van der Waals surface area contributed by atoms with Crippen LogP contribution < -0.4 is 0 Å². The van der Waals surface area contributed by atoms with Gasteiger partial charge < -0.3 is 4.74 Å². The third-order valence-corrected chi connectivity index (χ3v) is 6.48. The van der Waals surface area contributed by atoms with Crippen LogP contribution in [0.15, 0.2) is 65.1 Å². The van der Waals surface area contributed by atoms with Gasteiger partial charge in [-0.3, -0.25) is 10.1 Å². The van der Waals surface area contributed by atoms with E-state index in [-0.39, 0.29) is 29.3 Å². The van der Waals surface area contributed by atoms with Crippen molar-refractivity contribution in [3.8, 4) is 0 Å². The molecule has 0 spiro atoms. The number of ether oxygens (including phenoxy) is 1. The maximum atomic E-state index is 13.3. The monoisotopic (exact) mass is 416 g/mol. The molecule has 1 heterocycles. The highest BCUT2D eigenvalue weighted by atomic mass is 32.2. The second kappa shape index (κ2) is 8.14. The molecular formula is C20H20N2O6S. The number of nitrogens with zero attached hydrogens (tertiary/aromatic N) is 2. The van der Waals surface area contributed by atoms with Gasteiger partial charge >= 0.3 is 5.97 Å². The first kappa shape index (κ1) is 20.7. The quantitative estimate of drug-likeness (QED) is 0.407. The van der Waals surface area contributed by atoms with Gasteiger partial charge in [-0.15, -0.1) is 0 Å². The Balaban J connectivity index is 2.05. The first-order valence-electron chi connectivity index (χ1n) is 8.95. The molecule has 0 amide bonds. The van der Waals surface area contributed by atoms with E-state index in [2.05, 4.69) is 0 Å². The summed E-state index contributed by atoms with van der Waals surface area (Å²) >= 11 is 0. The molecule has 0 N–H and O–H groups in total. The summed E-state index contributed by atoms with van der Waals surface area (Å²) in [5, 5.41) is 10.9. The van der Waals surface area contributed by atoms with E-state index in [1.165, 1.54) is 46.8 Å². The van der Waals surface area contributed by atoms with Crippen molar-refractivity contribution in [1.82, 2.24) is 4.31 Å². The first-order chi connectivity index (χ1) is 13.8. The zero-order valence-electron chi connectivity index (χ0n) is 15.9. The van der Waals surface area contributed by atoms with Gasteiger partial charge in [-0.1, -0.05) is 35.9 Å². The number of sulfonamides is 1. The molecule has 29 heavy (non-hydrogen) atoms. The standard InChI is InChI=1S/C20H20N2O6S/c1-3-28-20(23)18-12-13-21(29(26,27)17-10-4-14(2)5-11-17)19(18)15-6-8-16(9-7-15)22(24)25/h4-12,19H,3,13H2,1-2H3/t19-/m1/s1. The van der Waals surface area contributed by atoms with Crippen molar-refractivity contribution in [3.05, 3.63) is 81.4 Å². The van der Waals surface area contributed by atoms with Crippen LogP contribution in [0.1, 0.15) is 24.1 Å². The highest BCUT2D eigenvalue weighted by Gasteiger charge is 2.41. The molecule has 2 aromatic rings. The summed E-state index contributed by atoms with van der Waals surface area (Å²) in [6.45, 7) is 3.65. The fourth-order valence-electron chi connectivity index (χ4n) is 3.18. The molecular weight excluding hydrogens is 396 g/mol. The average Bonchev–Trinajstić information content (AvgIpc) is 3.14. The third kappa shape index (κ3) is 4.06. The maximum Gasteiger partial charge on any atom is 0.335 e. The second-order valence-corrected chi connectivity index (χ2v) is 8.41. The Bertz CT molecular complexity index is 1060. The topological polar surface area (TPSA) is 107 Å². The van der Waals surface area contributed by atoms with Crippen molar-refractivity contribution in [3.63, 3.8) is 0 Å². The van der Waals surface area contributed by atoms with Crippen LogP contribution in [-0.2, 0) is 19.6 Å². The minimum Gasteiger partial charge on any atom is -0.463 e. The highest BCUT2D eigenvalue weighted by Crippen LogP contribution is 2.38. The fraction of sp³-hybridized carbons (Fsp3) is 0.250. The van der Waals surface area contributed by atoms with E-state index in [0.29, 0.717) is 5.56 Å². The molecule has 152 valence electrons. The Morgan fingerprint density at radius 1 is 1.17 bits per heavy atom. The Morgan fingerprint density at radius 3 is 2.34 bits per heavy atom. The van der Waals surface area contributed by atoms with Crippen LogP contribution >= 0.6 is 0 Å². The molecule has 0 aromatic heterocycles. The van der Waals surface area contributed by atoms with Crippen LogP contribution in [0.3, 0.4) is 0 Å². The number of carbonyl (C=O) groups is 1. The molecule has 0 unspecified atom stereocenters. The van der Waals surface area contributed by atoms with Crippen molar-refractivity contribution in [1.29, 1.82) is 0 Å². The number of benzene rings is 2. The Morgan fingerprint density at radius 2 is 1.79 bits per heavy atom. The lowest BCUT2D eigenvalue weighted by molar-refractivity contribution is -0.384. The van der Waals surface area contributed by atoms with Crippen molar-refractivity contribution >= 4 is 21.7 Å². The normalized spacial score (nSPS) is 17.0. The zero-order valence-corrected chi connectivity index (χ0v) is 16.8. The minimum atomic E-state index is -3.92. The van der Waals surface area contributed by atoms with E-state index >= 15 is 0 Å². The molecule has 3 rings (SSSR count). The van der Waals surface area contributed by atoms with Gasteiger partial charge in [0.25, 0.3) is 5.69 Å². The summed E-state index contributed by atoms with van der Waals surface area (Å²) < 4.78 is 32.8. The summed E-state index contributed by atoms with van der Waals surface area (Å²) in [6, 6.07) is 11.0. The van der Waals surface area contributed by atoms with E-state index in [0.717, 1.165) is 5.56 Å². The Kier molecular flexibility index (Phi) is 5.81. The molecule has 1 aliphatic heterocycles. The van der Waals surface area contributed by atoms with Gasteiger partial charge in [-0.05, 0) is 31.5 Å². The first-order valence-corrected chi connectivity index (χ1v) is 10.4. The zero-order chi connectivity index (χ0) is 21.2. The van der Waals surface area contributed by atoms with E-state index in [1.54, 1.807) is 19.1 Å². The highest BCUT2D eigenvalue weighted by molar-refractivity contribution is 7.89. The number of nitro groups is 1. The van der Waals surface area contributed by atoms with Crippen molar-refractivity contribution in [2.75, 3.05) is 13.2 Å². The van der Waals surface area contributed by atoms with Gasteiger partial charge in [0.15, 0.2) is 0 Å². The smallest absolute Gasteiger partial charge is 0.335 e. The van der Waals surface area contributed by atoms with E-state index in [1.807, 2.05) is 6.92 Å². The number of nitro benzene ring substituents is 1. The average molecular weight is 416 g/mol. The number of carbonyl (C=O) groups excluding carboxylic acids is 1. The predicted molar refractivity (Wildman–Crippen MR) is 106 cm³/mol. The molecule has 0 saturated carbocycles.